The largest absolute Gasteiger partial charge is 0.479 e. The van der Waals surface area contributed by atoms with E-state index < -0.39 is 11.6 Å². The number of piperidine rings is 1. The number of benzene rings is 1. The summed E-state index contributed by atoms with van der Waals surface area (Å²) in [6.07, 6.45) is 0.668. The van der Waals surface area contributed by atoms with Gasteiger partial charge in [0.25, 0.3) is 0 Å². The van der Waals surface area contributed by atoms with Gasteiger partial charge in [-0.25, -0.2) is 9.18 Å². The highest BCUT2D eigenvalue weighted by Gasteiger charge is 2.42. The Morgan fingerprint density at radius 2 is 2.29 bits per heavy atom. The lowest BCUT2D eigenvalue weighted by atomic mass is 9.94. The fraction of sp³-hybridized carbons (Fsp3) is 0.462. The summed E-state index contributed by atoms with van der Waals surface area (Å²) in [5, 5.41) is 8.92. The van der Waals surface area contributed by atoms with Crippen molar-refractivity contribution in [2.75, 3.05) is 18.0 Å². The Morgan fingerprint density at radius 1 is 1.53 bits per heavy atom. The first-order chi connectivity index (χ1) is 8.01. The van der Waals surface area contributed by atoms with Crippen LogP contribution in [0.5, 0.6) is 0 Å². The van der Waals surface area contributed by atoms with E-state index in [1.54, 1.807) is 0 Å². The SMILES string of the molecule is Cc1cccc(N2CCCC(F)(C(=O)O)C2)c1. The summed E-state index contributed by atoms with van der Waals surface area (Å²) >= 11 is 0. The van der Waals surface area contributed by atoms with Crippen LogP contribution in [0.25, 0.3) is 0 Å². The van der Waals surface area contributed by atoms with Crippen molar-refractivity contribution in [1.29, 1.82) is 0 Å². The van der Waals surface area contributed by atoms with Crippen molar-refractivity contribution in [1.82, 2.24) is 0 Å². The van der Waals surface area contributed by atoms with Crippen molar-refractivity contribution >= 4 is 11.7 Å². The van der Waals surface area contributed by atoms with E-state index in [1.807, 2.05) is 36.1 Å². The van der Waals surface area contributed by atoms with Crippen LogP contribution in [0, 0.1) is 6.92 Å². The van der Waals surface area contributed by atoms with Gasteiger partial charge < -0.3 is 10.0 Å². The summed E-state index contributed by atoms with van der Waals surface area (Å²) in [5.74, 6) is -1.35. The molecular weight excluding hydrogens is 221 g/mol. The number of aliphatic carboxylic acids is 1. The summed E-state index contributed by atoms with van der Waals surface area (Å²) in [6.45, 7) is 2.61. The minimum atomic E-state index is -2.11. The van der Waals surface area contributed by atoms with Crippen LogP contribution >= 0.6 is 0 Å². The molecule has 0 spiro atoms. The third-order valence-electron chi connectivity index (χ3n) is 3.19. The highest BCUT2D eigenvalue weighted by molar-refractivity contribution is 5.78. The number of carboxylic acid groups (broad SMARTS) is 1. The van der Waals surface area contributed by atoms with Gasteiger partial charge in [-0.2, -0.15) is 0 Å². The van der Waals surface area contributed by atoms with E-state index in [1.165, 1.54) is 0 Å². The summed E-state index contributed by atoms with van der Waals surface area (Å²) in [4.78, 5) is 12.7. The average molecular weight is 237 g/mol. The quantitative estimate of drug-likeness (QED) is 0.858. The molecular formula is C13H16FNO2. The van der Waals surface area contributed by atoms with Crippen molar-refractivity contribution in [3.63, 3.8) is 0 Å². The first kappa shape index (κ1) is 11.9. The lowest BCUT2D eigenvalue weighted by Gasteiger charge is -2.36. The molecule has 0 radical (unpaired) electrons. The highest BCUT2D eigenvalue weighted by atomic mass is 19.1. The summed E-state index contributed by atoms with van der Waals surface area (Å²) in [7, 11) is 0. The van der Waals surface area contributed by atoms with Crippen LogP contribution in [0.1, 0.15) is 18.4 Å². The molecule has 0 aliphatic carbocycles. The van der Waals surface area contributed by atoms with E-state index in [0.29, 0.717) is 13.0 Å². The van der Waals surface area contributed by atoms with Crippen molar-refractivity contribution < 1.29 is 14.3 Å². The van der Waals surface area contributed by atoms with Gasteiger partial charge in [-0.05, 0) is 37.5 Å². The van der Waals surface area contributed by atoms with Gasteiger partial charge in [-0.1, -0.05) is 12.1 Å². The molecule has 1 aromatic rings. The molecule has 1 aromatic carbocycles. The molecule has 1 fully saturated rings. The van der Waals surface area contributed by atoms with Gasteiger partial charge in [0.1, 0.15) is 0 Å². The van der Waals surface area contributed by atoms with Gasteiger partial charge in [-0.15, -0.1) is 0 Å². The summed E-state index contributed by atoms with van der Waals surface area (Å²) in [5.41, 5.74) is -0.122. The molecule has 1 unspecified atom stereocenters. The normalized spacial score (nSPS) is 24.7. The van der Waals surface area contributed by atoms with Crippen LogP contribution in [-0.4, -0.2) is 29.8 Å². The van der Waals surface area contributed by atoms with E-state index in [2.05, 4.69) is 0 Å². The summed E-state index contributed by atoms with van der Waals surface area (Å²) in [6, 6.07) is 7.71. The molecule has 0 amide bonds. The number of nitrogens with zero attached hydrogens (tertiary/aromatic N) is 1. The topological polar surface area (TPSA) is 40.5 Å². The maximum atomic E-state index is 14.1. The van der Waals surface area contributed by atoms with E-state index >= 15 is 0 Å². The van der Waals surface area contributed by atoms with Gasteiger partial charge in [0.2, 0.25) is 5.67 Å². The molecule has 4 heteroatoms. The number of halogens is 1. The number of anilines is 1. The molecule has 3 nitrogen and oxygen atoms in total. The van der Waals surface area contributed by atoms with Gasteiger partial charge in [0, 0.05) is 12.2 Å². The zero-order chi connectivity index (χ0) is 12.5. The molecule has 92 valence electrons. The molecule has 0 aromatic heterocycles. The first-order valence-corrected chi connectivity index (χ1v) is 5.75. The second kappa shape index (κ2) is 4.35. The standard InChI is InChI=1S/C13H16FNO2/c1-10-4-2-5-11(8-10)15-7-3-6-13(14,9-15)12(16)17/h2,4-5,8H,3,6-7,9H2,1H3,(H,16,17). The Bertz CT molecular complexity index is 435. The van der Waals surface area contributed by atoms with E-state index in [-0.39, 0.29) is 13.0 Å². The Hall–Kier alpha value is -1.58. The van der Waals surface area contributed by atoms with Crippen molar-refractivity contribution in [3.8, 4) is 0 Å². The Balaban J connectivity index is 2.20. The molecule has 1 aliphatic heterocycles. The predicted octanol–water partition coefficient (Wildman–Crippen LogP) is 2.39. The second-order valence-corrected chi connectivity index (χ2v) is 4.63. The van der Waals surface area contributed by atoms with Crippen LogP contribution in [0.3, 0.4) is 0 Å². The average Bonchev–Trinajstić information content (AvgIpc) is 2.29. The number of alkyl halides is 1. The Labute approximate surface area is 99.9 Å². The van der Waals surface area contributed by atoms with Crippen molar-refractivity contribution in [3.05, 3.63) is 29.8 Å². The molecule has 1 aliphatic rings. The predicted molar refractivity (Wildman–Crippen MR) is 64.1 cm³/mol. The zero-order valence-electron chi connectivity index (χ0n) is 9.82. The minimum absolute atomic E-state index is 0.0637. The number of carboxylic acids is 1. The molecule has 1 atom stereocenters. The number of rotatable bonds is 2. The maximum absolute atomic E-state index is 14.1. The van der Waals surface area contributed by atoms with E-state index in [4.69, 9.17) is 5.11 Å². The van der Waals surface area contributed by atoms with Crippen molar-refractivity contribution in [2.45, 2.75) is 25.4 Å². The molecule has 1 heterocycles. The Morgan fingerprint density at radius 3 is 2.94 bits per heavy atom. The van der Waals surface area contributed by atoms with Gasteiger partial charge in [0.15, 0.2) is 0 Å². The maximum Gasteiger partial charge on any atom is 0.343 e. The van der Waals surface area contributed by atoms with Crippen LogP contribution in [0.15, 0.2) is 24.3 Å². The third kappa shape index (κ3) is 2.40. The monoisotopic (exact) mass is 237 g/mol. The van der Waals surface area contributed by atoms with Crippen molar-refractivity contribution in [2.24, 2.45) is 0 Å². The lowest BCUT2D eigenvalue weighted by molar-refractivity contribution is -0.151. The lowest BCUT2D eigenvalue weighted by Crippen LogP contribution is -2.50. The molecule has 1 saturated heterocycles. The number of hydrogen-bond donors (Lipinski definition) is 1. The third-order valence-corrected chi connectivity index (χ3v) is 3.19. The van der Waals surface area contributed by atoms with Crippen LogP contribution in [0.4, 0.5) is 10.1 Å². The minimum Gasteiger partial charge on any atom is -0.479 e. The van der Waals surface area contributed by atoms with Crippen LogP contribution < -0.4 is 4.90 Å². The number of hydrogen-bond acceptors (Lipinski definition) is 2. The van der Waals surface area contributed by atoms with Gasteiger partial charge in [0.05, 0.1) is 6.54 Å². The fourth-order valence-electron chi connectivity index (χ4n) is 2.23. The van der Waals surface area contributed by atoms with Crippen LogP contribution in [0.2, 0.25) is 0 Å². The van der Waals surface area contributed by atoms with E-state index in [9.17, 15) is 9.18 Å². The second-order valence-electron chi connectivity index (χ2n) is 4.63. The molecule has 0 saturated carbocycles. The molecule has 1 N–H and O–H groups in total. The van der Waals surface area contributed by atoms with Gasteiger partial charge in [-0.3, -0.25) is 0 Å². The molecule has 0 bridgehead atoms. The smallest absolute Gasteiger partial charge is 0.343 e. The molecule has 17 heavy (non-hydrogen) atoms. The molecule has 2 rings (SSSR count). The highest BCUT2D eigenvalue weighted by Crippen LogP contribution is 2.29. The fourth-order valence-corrected chi connectivity index (χ4v) is 2.23. The first-order valence-electron chi connectivity index (χ1n) is 5.75. The van der Waals surface area contributed by atoms with Crippen LogP contribution in [-0.2, 0) is 4.79 Å². The zero-order valence-corrected chi connectivity index (χ0v) is 9.82. The van der Waals surface area contributed by atoms with E-state index in [0.717, 1.165) is 11.3 Å². The number of aryl methyl sites for hydroxylation is 1. The number of carbonyl (C=O) groups is 1. The Kier molecular flexibility index (Phi) is 3.05. The van der Waals surface area contributed by atoms with Gasteiger partial charge >= 0.3 is 5.97 Å². The summed E-state index contributed by atoms with van der Waals surface area (Å²) < 4.78 is 14.1.